The van der Waals surface area contributed by atoms with Crippen LogP contribution in [-0.4, -0.2) is 80.1 Å². The third kappa shape index (κ3) is 11.0. The number of halogens is 1. The SMILES string of the molecule is C/C(=N/O)c1cccc(-c2cc(N(C)C(=O)OC(C)(C)C)c3cnn(-c4cccc(C)n4)c3c2)n1.CCc1cc(-c2cccc(C(C)=O)n2)cc2c1cnn2-c1cccc(C)n1.Cl.NO. The Hall–Kier alpha value is -7.40. The highest BCUT2D eigenvalue weighted by molar-refractivity contribution is 6.03. The van der Waals surface area contributed by atoms with Gasteiger partial charge in [0.05, 0.1) is 46.2 Å². The number of nitrogens with two attached hydrogens (primary N) is 1. The highest BCUT2D eigenvalue weighted by atomic mass is 35.5. The molecule has 0 saturated carbocycles. The number of nitrogens with zero attached hydrogens (tertiary/aromatic N) is 10. The van der Waals surface area contributed by atoms with Gasteiger partial charge in [0.25, 0.3) is 0 Å². The van der Waals surface area contributed by atoms with Crippen molar-refractivity contribution in [1.82, 2.24) is 39.5 Å². The highest BCUT2D eigenvalue weighted by Crippen LogP contribution is 2.34. The molecule has 16 nitrogen and oxygen atoms in total. The summed E-state index contributed by atoms with van der Waals surface area (Å²) >= 11 is 0. The standard InChI is InChI=1S/C26H28N6O3.C22H20N4O.ClH.H3NO/c1-16-9-7-12-24(28-16)32-23-14-18(21-11-8-10-20(29-21)17(2)30-34)13-22(19(23)15-27-32)31(6)25(33)35-26(3,4)5;1-4-16-11-17(20-9-6-8-19(25-20)15(3)27)12-21-18(16)13-23-26(21)22-10-5-7-14(2)24-22;;1-2/h7-15,34H,1-6H3;5-13H,4H2,1-3H3;1H;2H,1H2/b30-17-;;;. The predicted molar refractivity (Wildman–Crippen MR) is 255 cm³/mol. The molecule has 65 heavy (non-hydrogen) atoms. The van der Waals surface area contributed by atoms with Gasteiger partial charge >= 0.3 is 6.09 Å². The van der Waals surface area contributed by atoms with Crippen LogP contribution in [0.1, 0.15) is 74.7 Å². The molecule has 0 spiro atoms. The lowest BCUT2D eigenvalue weighted by molar-refractivity contribution is 0.0589. The third-order valence-electron chi connectivity index (χ3n) is 10.0. The molecule has 2 aromatic carbocycles. The van der Waals surface area contributed by atoms with E-state index in [0.29, 0.717) is 34.3 Å². The number of amides is 1. The molecule has 8 aromatic rings. The van der Waals surface area contributed by atoms with Gasteiger partial charge in [-0.3, -0.25) is 9.69 Å². The maximum Gasteiger partial charge on any atom is 0.414 e. The number of pyridine rings is 4. The average molecular weight is 898 g/mol. The summed E-state index contributed by atoms with van der Waals surface area (Å²) in [5.41, 5.74) is 9.27. The maximum atomic E-state index is 13.0. The zero-order valence-electron chi connectivity index (χ0n) is 37.7. The van der Waals surface area contributed by atoms with Crippen molar-refractivity contribution < 1.29 is 24.7 Å². The fraction of sp³-hybridized carbons (Fsp3) is 0.229. The van der Waals surface area contributed by atoms with Crippen molar-refractivity contribution in [3.63, 3.8) is 0 Å². The van der Waals surface area contributed by atoms with Crippen LogP contribution in [0, 0.1) is 13.8 Å². The van der Waals surface area contributed by atoms with E-state index in [9.17, 15) is 14.8 Å². The second-order valence-electron chi connectivity index (χ2n) is 15.8. The van der Waals surface area contributed by atoms with Crippen molar-refractivity contribution in [2.24, 2.45) is 11.1 Å². The van der Waals surface area contributed by atoms with E-state index in [1.54, 1.807) is 37.0 Å². The summed E-state index contributed by atoms with van der Waals surface area (Å²) in [6, 6.07) is 30.7. The van der Waals surface area contributed by atoms with E-state index in [1.165, 1.54) is 17.4 Å². The van der Waals surface area contributed by atoms with Crippen molar-refractivity contribution in [2.75, 3.05) is 11.9 Å². The van der Waals surface area contributed by atoms with Gasteiger partial charge in [-0.15, -0.1) is 12.4 Å². The normalized spacial score (nSPS) is 11.2. The molecule has 1 amide bonds. The van der Waals surface area contributed by atoms with Gasteiger partial charge in [0.1, 0.15) is 17.0 Å². The lowest BCUT2D eigenvalue weighted by atomic mass is 10.0. The van der Waals surface area contributed by atoms with Gasteiger partial charge in [-0.25, -0.2) is 40.0 Å². The number of aromatic nitrogens is 8. The molecule has 8 rings (SSSR count). The molecule has 0 bridgehead atoms. The fourth-order valence-electron chi connectivity index (χ4n) is 6.90. The minimum absolute atomic E-state index is 0. The second-order valence-corrected chi connectivity index (χ2v) is 15.8. The van der Waals surface area contributed by atoms with E-state index < -0.39 is 11.7 Å². The van der Waals surface area contributed by atoms with E-state index in [4.69, 9.17) is 9.94 Å². The number of Topliss-reactive ketones (excluding diaryl/α,β-unsaturated/α-hetero) is 1. The number of rotatable bonds is 8. The van der Waals surface area contributed by atoms with Crippen LogP contribution in [0.3, 0.4) is 0 Å². The Labute approximate surface area is 382 Å². The van der Waals surface area contributed by atoms with Crippen LogP contribution in [-0.2, 0) is 11.2 Å². The lowest BCUT2D eigenvalue weighted by Crippen LogP contribution is -2.34. The van der Waals surface area contributed by atoms with Gasteiger partial charge < -0.3 is 15.2 Å². The lowest BCUT2D eigenvalue weighted by Gasteiger charge is -2.25. The summed E-state index contributed by atoms with van der Waals surface area (Å²) in [6.45, 7) is 14.7. The smallest absolute Gasteiger partial charge is 0.414 e. The summed E-state index contributed by atoms with van der Waals surface area (Å²) < 4.78 is 9.21. The Bertz CT molecular complexity index is 3010. The fourth-order valence-corrected chi connectivity index (χ4v) is 6.90. The Balaban J connectivity index is 0.000000238. The molecular formula is C48H52ClN11O5. The van der Waals surface area contributed by atoms with E-state index in [0.717, 1.165) is 62.3 Å². The number of carbonyl (C=O) groups is 2. The molecule has 4 N–H and O–H groups in total. The van der Waals surface area contributed by atoms with Crippen molar-refractivity contribution in [3.05, 3.63) is 138 Å². The van der Waals surface area contributed by atoms with Crippen LogP contribution in [0.5, 0.6) is 0 Å². The van der Waals surface area contributed by atoms with E-state index in [1.807, 2.05) is 118 Å². The molecular weight excluding hydrogens is 846 g/mol. The van der Waals surface area contributed by atoms with Gasteiger partial charge in [-0.1, -0.05) is 36.3 Å². The molecule has 0 saturated heterocycles. The molecule has 6 heterocycles. The number of ketones is 1. The molecule has 6 aromatic heterocycles. The Morgan fingerprint density at radius 2 is 1.22 bits per heavy atom. The molecule has 0 radical (unpaired) electrons. The maximum absolute atomic E-state index is 13.0. The van der Waals surface area contributed by atoms with Crippen molar-refractivity contribution >= 4 is 57.5 Å². The van der Waals surface area contributed by atoms with Crippen LogP contribution in [0.2, 0.25) is 0 Å². The number of hydrogen-bond donors (Lipinski definition) is 3. The number of carbonyl (C=O) groups excluding carboxylic acids is 2. The van der Waals surface area contributed by atoms with Crippen LogP contribution in [0.15, 0.2) is 115 Å². The summed E-state index contributed by atoms with van der Waals surface area (Å²) in [4.78, 5) is 44.5. The van der Waals surface area contributed by atoms with Crippen LogP contribution >= 0.6 is 12.4 Å². The van der Waals surface area contributed by atoms with Crippen molar-refractivity contribution in [1.29, 1.82) is 0 Å². The molecule has 0 aliphatic rings. The molecule has 336 valence electrons. The van der Waals surface area contributed by atoms with Crippen LogP contribution in [0.4, 0.5) is 10.5 Å². The zero-order chi connectivity index (χ0) is 46.3. The van der Waals surface area contributed by atoms with E-state index in [2.05, 4.69) is 60.2 Å². The quantitative estimate of drug-likeness (QED) is 0.0563. The third-order valence-corrected chi connectivity index (χ3v) is 10.0. The Kier molecular flexibility index (Phi) is 15.6. The summed E-state index contributed by atoms with van der Waals surface area (Å²) in [6.07, 6.45) is 4.00. The largest absolute Gasteiger partial charge is 0.443 e. The average Bonchev–Trinajstić information content (AvgIpc) is 3.93. The topological polar surface area (TPSA) is 213 Å². The number of ether oxygens (including phenoxy) is 1. The number of oxime groups is 1. The second kappa shape index (κ2) is 20.9. The Morgan fingerprint density at radius 1 is 0.723 bits per heavy atom. The van der Waals surface area contributed by atoms with E-state index >= 15 is 0 Å². The predicted octanol–water partition coefficient (Wildman–Crippen LogP) is 9.67. The zero-order valence-corrected chi connectivity index (χ0v) is 38.5. The number of anilines is 1. The molecule has 0 atom stereocenters. The van der Waals surface area contributed by atoms with Crippen LogP contribution in [0.25, 0.3) is 56.0 Å². The summed E-state index contributed by atoms with van der Waals surface area (Å²) in [5, 5.41) is 30.0. The first-order valence-electron chi connectivity index (χ1n) is 20.4. The summed E-state index contributed by atoms with van der Waals surface area (Å²) in [5.74, 6) is 4.91. The first kappa shape index (κ1) is 48.6. The molecule has 17 heteroatoms. The summed E-state index contributed by atoms with van der Waals surface area (Å²) in [7, 11) is 1.67. The number of hydrogen-bond acceptors (Lipinski definition) is 13. The van der Waals surface area contributed by atoms with E-state index in [-0.39, 0.29) is 18.2 Å². The Morgan fingerprint density at radius 3 is 1.72 bits per heavy atom. The minimum Gasteiger partial charge on any atom is -0.443 e. The van der Waals surface area contributed by atoms with Gasteiger partial charge in [-0.05, 0) is 126 Å². The van der Waals surface area contributed by atoms with Crippen molar-refractivity contribution in [2.45, 2.75) is 67.4 Å². The molecule has 0 aliphatic carbocycles. The van der Waals surface area contributed by atoms with Crippen molar-refractivity contribution in [3.8, 4) is 34.2 Å². The minimum atomic E-state index is -0.644. The van der Waals surface area contributed by atoms with Gasteiger partial charge in [-0.2, -0.15) is 10.2 Å². The molecule has 0 aliphatic heterocycles. The van der Waals surface area contributed by atoms with Gasteiger partial charge in [0, 0.05) is 47.3 Å². The first-order chi connectivity index (χ1) is 30.6. The monoisotopic (exact) mass is 897 g/mol. The van der Waals surface area contributed by atoms with Crippen LogP contribution < -0.4 is 10.8 Å². The molecule has 0 unspecified atom stereocenters. The van der Waals surface area contributed by atoms with Gasteiger partial charge in [0.2, 0.25) is 0 Å². The number of aryl methyl sites for hydroxylation is 3. The number of fused-ring (bicyclic) bond motifs is 2. The number of benzene rings is 2. The first-order valence-corrected chi connectivity index (χ1v) is 20.4. The molecule has 0 fully saturated rings. The van der Waals surface area contributed by atoms with Gasteiger partial charge in [0.15, 0.2) is 17.4 Å². The highest BCUT2D eigenvalue weighted by Gasteiger charge is 2.24.